The van der Waals surface area contributed by atoms with Crippen LogP contribution >= 0.6 is 24.0 Å². The van der Waals surface area contributed by atoms with Crippen LogP contribution in [0.5, 0.6) is 0 Å². The van der Waals surface area contributed by atoms with E-state index in [9.17, 15) is 13.2 Å². The Hall–Kier alpha value is -1.78. The number of hydrogen-bond acceptors (Lipinski definition) is 2. The highest BCUT2D eigenvalue weighted by Gasteiger charge is 2.36. The number of alkyl halides is 3. The molecule has 0 aliphatic rings. The van der Waals surface area contributed by atoms with E-state index in [1.54, 1.807) is 7.05 Å². The van der Waals surface area contributed by atoms with Crippen molar-refractivity contribution >= 4 is 29.9 Å². The first-order valence-corrected chi connectivity index (χ1v) is 8.31. The zero-order valence-electron chi connectivity index (χ0n) is 15.8. The topological polar surface area (TPSA) is 54.2 Å². The van der Waals surface area contributed by atoms with E-state index in [1.165, 1.54) is 24.4 Å². The van der Waals surface area contributed by atoms with Crippen molar-refractivity contribution in [3.63, 3.8) is 0 Å². The van der Waals surface area contributed by atoms with E-state index in [0.29, 0.717) is 12.5 Å². The second kappa shape index (κ2) is 9.95. The van der Waals surface area contributed by atoms with E-state index in [2.05, 4.69) is 51.9 Å². The Labute approximate surface area is 174 Å². The van der Waals surface area contributed by atoms with Crippen LogP contribution in [0.25, 0.3) is 0 Å². The molecule has 150 valence electrons. The number of halogens is 4. The molecule has 9 heteroatoms. The molecular weight excluding hydrogens is 470 g/mol. The normalized spacial score (nSPS) is 13.1. The standard InChI is InChI=1S/C18H24F3N5.HI/c1-12-5-7-14(8-6-12)13(2)9-23-17(22-3)24-10-15-11-26(4)25-16(15)18(19,20)21;/h5-8,11,13H,9-10H2,1-4H3,(H2,22,23,24);1H. The smallest absolute Gasteiger partial charge is 0.356 e. The van der Waals surface area contributed by atoms with E-state index in [-0.39, 0.29) is 42.0 Å². The highest BCUT2D eigenvalue weighted by Crippen LogP contribution is 2.30. The first kappa shape index (κ1) is 23.3. The van der Waals surface area contributed by atoms with Crippen molar-refractivity contribution in [3.8, 4) is 0 Å². The van der Waals surface area contributed by atoms with Gasteiger partial charge in [0, 0.05) is 38.9 Å². The lowest BCUT2D eigenvalue weighted by atomic mass is 10.0. The van der Waals surface area contributed by atoms with Gasteiger partial charge in [-0.15, -0.1) is 24.0 Å². The number of aromatic nitrogens is 2. The monoisotopic (exact) mass is 495 g/mol. The lowest BCUT2D eigenvalue weighted by Crippen LogP contribution is -2.38. The maximum Gasteiger partial charge on any atom is 0.435 e. The summed E-state index contributed by atoms with van der Waals surface area (Å²) in [4.78, 5) is 4.07. The van der Waals surface area contributed by atoms with E-state index in [1.807, 2.05) is 6.92 Å². The third-order valence-electron chi connectivity index (χ3n) is 4.07. The van der Waals surface area contributed by atoms with Gasteiger partial charge in [-0.2, -0.15) is 18.3 Å². The van der Waals surface area contributed by atoms with Crippen LogP contribution in [0.1, 0.15) is 35.2 Å². The molecule has 0 amide bonds. The summed E-state index contributed by atoms with van der Waals surface area (Å²) >= 11 is 0. The van der Waals surface area contributed by atoms with E-state index in [0.717, 1.165) is 4.68 Å². The number of hydrogen-bond donors (Lipinski definition) is 2. The van der Waals surface area contributed by atoms with Crippen LogP contribution in [0.15, 0.2) is 35.5 Å². The molecule has 0 radical (unpaired) electrons. The van der Waals surface area contributed by atoms with Gasteiger partial charge >= 0.3 is 6.18 Å². The van der Waals surface area contributed by atoms with Crippen molar-refractivity contribution in [2.45, 2.75) is 32.5 Å². The van der Waals surface area contributed by atoms with Gasteiger partial charge in [-0.1, -0.05) is 36.8 Å². The molecule has 5 nitrogen and oxygen atoms in total. The molecule has 1 atom stereocenters. The van der Waals surface area contributed by atoms with Gasteiger partial charge in [0.15, 0.2) is 11.7 Å². The number of aliphatic imine (C=N–C) groups is 1. The third kappa shape index (κ3) is 6.71. The first-order valence-electron chi connectivity index (χ1n) is 8.31. The Bertz CT molecular complexity index is 753. The molecular formula is C18H25F3IN5. The second-order valence-electron chi connectivity index (χ2n) is 6.29. The van der Waals surface area contributed by atoms with Crippen LogP contribution in [0.4, 0.5) is 13.2 Å². The van der Waals surface area contributed by atoms with Crippen molar-refractivity contribution in [1.82, 2.24) is 20.4 Å². The fourth-order valence-electron chi connectivity index (χ4n) is 2.57. The molecule has 0 saturated carbocycles. The Morgan fingerprint density at radius 2 is 1.85 bits per heavy atom. The molecule has 27 heavy (non-hydrogen) atoms. The molecule has 0 spiro atoms. The van der Waals surface area contributed by atoms with Gasteiger partial charge in [-0.05, 0) is 18.4 Å². The maximum absolute atomic E-state index is 13.0. The summed E-state index contributed by atoms with van der Waals surface area (Å²) in [5.41, 5.74) is 1.58. The molecule has 0 fully saturated rings. The van der Waals surface area contributed by atoms with Gasteiger partial charge in [0.25, 0.3) is 0 Å². The summed E-state index contributed by atoms with van der Waals surface area (Å²) in [5.74, 6) is 0.680. The summed E-state index contributed by atoms with van der Waals surface area (Å²) in [6.07, 6.45) is -3.12. The summed E-state index contributed by atoms with van der Waals surface area (Å²) in [6, 6.07) is 8.26. The second-order valence-corrected chi connectivity index (χ2v) is 6.29. The fraction of sp³-hybridized carbons (Fsp3) is 0.444. The average molecular weight is 495 g/mol. The van der Waals surface area contributed by atoms with Crippen molar-refractivity contribution in [1.29, 1.82) is 0 Å². The molecule has 0 aliphatic carbocycles. The number of benzene rings is 1. The van der Waals surface area contributed by atoms with Gasteiger partial charge in [0.2, 0.25) is 0 Å². The predicted octanol–water partition coefficient (Wildman–Crippen LogP) is 3.83. The molecule has 1 unspecified atom stereocenters. The summed E-state index contributed by atoms with van der Waals surface area (Å²) < 4.78 is 40.1. The minimum Gasteiger partial charge on any atom is -0.356 e. The number of rotatable bonds is 5. The van der Waals surface area contributed by atoms with Crippen LogP contribution < -0.4 is 10.6 Å². The van der Waals surface area contributed by atoms with Crippen molar-refractivity contribution in [3.05, 3.63) is 52.8 Å². The van der Waals surface area contributed by atoms with Crippen LogP contribution in [0, 0.1) is 6.92 Å². The predicted molar refractivity (Wildman–Crippen MR) is 111 cm³/mol. The van der Waals surface area contributed by atoms with Crippen molar-refractivity contribution < 1.29 is 13.2 Å². The number of nitrogens with one attached hydrogen (secondary N) is 2. The SMILES string of the molecule is CN=C(NCc1cn(C)nc1C(F)(F)F)NCC(C)c1ccc(C)cc1.I. The Kier molecular flexibility index (Phi) is 8.58. The third-order valence-corrected chi connectivity index (χ3v) is 4.07. The molecule has 0 bridgehead atoms. The molecule has 0 saturated heterocycles. The maximum atomic E-state index is 13.0. The lowest BCUT2D eigenvalue weighted by Gasteiger charge is -2.16. The minimum absolute atomic E-state index is 0. The molecule has 0 aliphatic heterocycles. The highest BCUT2D eigenvalue weighted by atomic mass is 127. The molecule has 1 aromatic heterocycles. The van der Waals surface area contributed by atoms with Crippen molar-refractivity contribution in [2.24, 2.45) is 12.0 Å². The van der Waals surface area contributed by atoms with Crippen molar-refractivity contribution in [2.75, 3.05) is 13.6 Å². The molecule has 1 heterocycles. The Morgan fingerprint density at radius 3 is 2.41 bits per heavy atom. The van der Waals surface area contributed by atoms with Gasteiger partial charge < -0.3 is 10.6 Å². The van der Waals surface area contributed by atoms with E-state index in [4.69, 9.17) is 0 Å². The number of nitrogens with zero attached hydrogens (tertiary/aromatic N) is 3. The Balaban J connectivity index is 0.00000364. The summed E-state index contributed by atoms with van der Waals surface area (Å²) in [6.45, 7) is 4.71. The Morgan fingerprint density at radius 1 is 1.22 bits per heavy atom. The van der Waals surface area contributed by atoms with Gasteiger partial charge in [0.05, 0.1) is 0 Å². The van der Waals surface area contributed by atoms with Crippen LogP contribution in [-0.4, -0.2) is 29.3 Å². The lowest BCUT2D eigenvalue weighted by molar-refractivity contribution is -0.142. The minimum atomic E-state index is -4.48. The molecule has 2 rings (SSSR count). The molecule has 2 N–H and O–H groups in total. The van der Waals surface area contributed by atoms with E-state index >= 15 is 0 Å². The molecule has 1 aromatic carbocycles. The van der Waals surface area contributed by atoms with E-state index < -0.39 is 11.9 Å². The summed E-state index contributed by atoms with van der Waals surface area (Å²) in [7, 11) is 3.05. The number of guanidine groups is 1. The van der Waals surface area contributed by atoms with Crippen LogP contribution in [-0.2, 0) is 19.8 Å². The number of aryl methyl sites for hydroxylation is 2. The molecule has 2 aromatic rings. The zero-order chi connectivity index (χ0) is 19.3. The first-order chi connectivity index (χ1) is 12.2. The van der Waals surface area contributed by atoms with Crippen LogP contribution in [0.3, 0.4) is 0 Å². The van der Waals surface area contributed by atoms with Gasteiger partial charge in [-0.3, -0.25) is 9.67 Å². The summed E-state index contributed by atoms with van der Waals surface area (Å²) in [5, 5.41) is 9.56. The largest absolute Gasteiger partial charge is 0.435 e. The van der Waals surface area contributed by atoms with Crippen LogP contribution in [0.2, 0.25) is 0 Å². The van der Waals surface area contributed by atoms with Gasteiger partial charge in [-0.25, -0.2) is 0 Å². The quantitative estimate of drug-likeness (QED) is 0.377. The average Bonchev–Trinajstić information content (AvgIpc) is 2.96. The zero-order valence-corrected chi connectivity index (χ0v) is 18.1. The van der Waals surface area contributed by atoms with Gasteiger partial charge in [0.1, 0.15) is 0 Å². The highest BCUT2D eigenvalue weighted by molar-refractivity contribution is 14.0. The fourth-order valence-corrected chi connectivity index (χ4v) is 2.57.